The van der Waals surface area contributed by atoms with Crippen LogP contribution in [0, 0.1) is 5.21 Å². The topological polar surface area (TPSA) is 75.3 Å². The van der Waals surface area contributed by atoms with Gasteiger partial charge in [0.05, 0.1) is 19.6 Å². The van der Waals surface area contributed by atoms with Crippen molar-refractivity contribution in [3.05, 3.63) is 29.3 Å². The number of hydrogen-bond acceptors (Lipinski definition) is 4. The van der Waals surface area contributed by atoms with Crippen LogP contribution in [-0.2, 0) is 6.42 Å². The van der Waals surface area contributed by atoms with E-state index in [1.807, 2.05) is 0 Å². The number of methoxy groups -OCH3 is 1. The number of ether oxygens (including phenoxy) is 1. The molecule has 0 atom stereocenters. The molecule has 2 N–H and O–H groups in total. The van der Waals surface area contributed by atoms with Gasteiger partial charge in [-0.3, -0.25) is 0 Å². The van der Waals surface area contributed by atoms with Gasteiger partial charge in [-0.2, -0.15) is 0 Å². The molecule has 0 bridgehead atoms. The van der Waals surface area contributed by atoms with E-state index in [0.717, 1.165) is 4.73 Å². The number of benzene rings is 1. The number of fused-ring (bicyclic) bond motifs is 1. The molecule has 0 spiro atoms. The minimum Gasteiger partial charge on any atom is -0.616 e. The molecule has 1 aromatic carbocycles. The second kappa shape index (κ2) is 5.05. The Labute approximate surface area is 98.8 Å². The minimum atomic E-state index is 0. The van der Waals surface area contributed by atoms with Crippen LogP contribution < -0.4 is 15.2 Å². The van der Waals surface area contributed by atoms with Crippen molar-refractivity contribution in [3.8, 4) is 5.75 Å². The summed E-state index contributed by atoms with van der Waals surface area (Å²) in [7, 11) is 1.55. The van der Waals surface area contributed by atoms with E-state index in [9.17, 15) is 5.21 Å². The average Bonchev–Trinajstić information content (AvgIpc) is 2.56. The zero-order valence-electron chi connectivity index (χ0n) is 8.80. The van der Waals surface area contributed by atoms with E-state index in [0.29, 0.717) is 35.7 Å². The van der Waals surface area contributed by atoms with Crippen LogP contribution >= 0.6 is 12.4 Å². The van der Waals surface area contributed by atoms with Gasteiger partial charge < -0.3 is 20.1 Å². The highest BCUT2D eigenvalue weighted by molar-refractivity contribution is 5.85. The first kappa shape index (κ1) is 12.6. The normalized spacial score (nSPS) is 10.1. The standard InChI is InChI=1S/C10H12N2O3.ClH/c1-14-7-2-3-9-8(6-7)12(13)10(15-9)4-5-11;/h2-3,6H,4-5,11H2,1H3;1H. The molecule has 1 aromatic heterocycles. The molecule has 2 rings (SSSR count). The maximum atomic E-state index is 11.7. The third-order valence-electron chi connectivity index (χ3n) is 2.20. The molecule has 0 aliphatic heterocycles. The Morgan fingerprint density at radius 2 is 2.25 bits per heavy atom. The van der Waals surface area contributed by atoms with Crippen molar-refractivity contribution < 1.29 is 13.9 Å². The predicted octanol–water partition coefficient (Wildman–Crippen LogP) is 0.998. The number of rotatable bonds is 3. The molecule has 0 aliphatic rings. The van der Waals surface area contributed by atoms with Crippen LogP contribution in [0.3, 0.4) is 0 Å². The first-order valence-electron chi connectivity index (χ1n) is 4.65. The monoisotopic (exact) mass is 244 g/mol. The van der Waals surface area contributed by atoms with Gasteiger partial charge in [0.1, 0.15) is 5.75 Å². The van der Waals surface area contributed by atoms with Gasteiger partial charge in [0.2, 0.25) is 5.58 Å². The Morgan fingerprint density at radius 1 is 1.50 bits per heavy atom. The largest absolute Gasteiger partial charge is 0.616 e. The Bertz CT molecular complexity index is 484. The van der Waals surface area contributed by atoms with Crippen LogP contribution in [0.5, 0.6) is 5.75 Å². The number of oxazole rings is 1. The van der Waals surface area contributed by atoms with Crippen LogP contribution in [0.25, 0.3) is 11.1 Å². The highest BCUT2D eigenvalue weighted by Crippen LogP contribution is 2.19. The molecule has 0 aliphatic carbocycles. The second-order valence-electron chi connectivity index (χ2n) is 3.16. The lowest BCUT2D eigenvalue weighted by molar-refractivity contribution is -0.592. The number of nitrogens with zero attached hydrogens (tertiary/aromatic N) is 1. The van der Waals surface area contributed by atoms with E-state index in [1.54, 1.807) is 25.3 Å². The summed E-state index contributed by atoms with van der Waals surface area (Å²) in [5.74, 6) is 0.966. The third kappa shape index (κ3) is 2.05. The summed E-state index contributed by atoms with van der Waals surface area (Å²) < 4.78 is 11.1. The number of hydrogen-bond donors (Lipinski definition) is 1. The van der Waals surface area contributed by atoms with Crippen LogP contribution in [0.2, 0.25) is 0 Å². The molecule has 0 radical (unpaired) electrons. The summed E-state index contributed by atoms with van der Waals surface area (Å²) in [5, 5.41) is 11.7. The summed E-state index contributed by atoms with van der Waals surface area (Å²) in [6.45, 7) is 0.388. The molecule has 2 aromatic rings. The van der Waals surface area contributed by atoms with Gasteiger partial charge in [-0.25, -0.2) is 0 Å². The predicted molar refractivity (Wildman–Crippen MR) is 61.7 cm³/mol. The van der Waals surface area contributed by atoms with Crippen LogP contribution in [-0.4, -0.2) is 13.7 Å². The van der Waals surface area contributed by atoms with Crippen LogP contribution in [0.4, 0.5) is 0 Å². The van der Waals surface area contributed by atoms with Gasteiger partial charge in [0, 0.05) is 6.54 Å². The van der Waals surface area contributed by atoms with Crippen molar-refractivity contribution in [1.82, 2.24) is 0 Å². The van der Waals surface area contributed by atoms with Crippen LogP contribution in [0.1, 0.15) is 5.89 Å². The van der Waals surface area contributed by atoms with E-state index < -0.39 is 0 Å². The maximum Gasteiger partial charge on any atom is 0.360 e. The molecular formula is C10H13ClN2O3. The highest BCUT2D eigenvalue weighted by atomic mass is 35.5. The molecule has 1 heterocycles. The maximum absolute atomic E-state index is 11.7. The van der Waals surface area contributed by atoms with E-state index in [1.165, 1.54) is 0 Å². The molecule has 0 unspecified atom stereocenters. The quantitative estimate of drug-likeness (QED) is 0.646. The van der Waals surface area contributed by atoms with Gasteiger partial charge in [-0.05, 0) is 12.1 Å². The van der Waals surface area contributed by atoms with Gasteiger partial charge >= 0.3 is 5.89 Å². The van der Waals surface area contributed by atoms with Crippen molar-refractivity contribution in [3.63, 3.8) is 0 Å². The lowest BCUT2D eigenvalue weighted by Crippen LogP contribution is -2.30. The van der Waals surface area contributed by atoms with Crippen molar-refractivity contribution in [2.45, 2.75) is 6.42 Å². The molecule has 5 nitrogen and oxygen atoms in total. The molecular weight excluding hydrogens is 232 g/mol. The Kier molecular flexibility index (Phi) is 3.98. The number of nitrogens with two attached hydrogens (primary N) is 1. The molecule has 0 saturated heterocycles. The average molecular weight is 245 g/mol. The van der Waals surface area contributed by atoms with Gasteiger partial charge in [0.25, 0.3) is 5.52 Å². The highest BCUT2D eigenvalue weighted by Gasteiger charge is 2.17. The summed E-state index contributed by atoms with van der Waals surface area (Å²) in [6.07, 6.45) is 0.431. The van der Waals surface area contributed by atoms with Crippen molar-refractivity contribution in [1.29, 1.82) is 0 Å². The molecule has 16 heavy (non-hydrogen) atoms. The van der Waals surface area contributed by atoms with Gasteiger partial charge in [-0.1, -0.05) is 0 Å². The summed E-state index contributed by atoms with van der Waals surface area (Å²) in [5.41, 5.74) is 6.39. The Balaban J connectivity index is 0.00000128. The summed E-state index contributed by atoms with van der Waals surface area (Å²) in [4.78, 5) is 0. The molecule has 6 heteroatoms. The summed E-state index contributed by atoms with van der Waals surface area (Å²) in [6, 6.07) is 5.10. The summed E-state index contributed by atoms with van der Waals surface area (Å²) >= 11 is 0. The van der Waals surface area contributed by atoms with Crippen molar-refractivity contribution in [2.75, 3.05) is 13.7 Å². The Hall–Kier alpha value is -1.46. The van der Waals surface area contributed by atoms with Crippen LogP contribution in [0.15, 0.2) is 22.6 Å². The fourth-order valence-corrected chi connectivity index (χ4v) is 1.45. The van der Waals surface area contributed by atoms with Crippen molar-refractivity contribution in [2.24, 2.45) is 5.73 Å². The molecule has 0 amide bonds. The van der Waals surface area contributed by atoms with E-state index >= 15 is 0 Å². The van der Waals surface area contributed by atoms with E-state index in [4.69, 9.17) is 14.9 Å². The van der Waals surface area contributed by atoms with Gasteiger partial charge in [-0.15, -0.1) is 17.1 Å². The fourth-order valence-electron chi connectivity index (χ4n) is 1.45. The van der Waals surface area contributed by atoms with E-state index in [2.05, 4.69) is 0 Å². The van der Waals surface area contributed by atoms with Gasteiger partial charge in [0.15, 0.2) is 0 Å². The minimum absolute atomic E-state index is 0. The van der Waals surface area contributed by atoms with E-state index in [-0.39, 0.29) is 12.4 Å². The first-order chi connectivity index (χ1) is 7.26. The lowest BCUT2D eigenvalue weighted by Gasteiger charge is -1.97. The molecule has 88 valence electrons. The zero-order valence-corrected chi connectivity index (χ0v) is 9.62. The lowest BCUT2D eigenvalue weighted by atomic mass is 10.3. The molecule has 0 fully saturated rings. The first-order valence-corrected chi connectivity index (χ1v) is 4.65. The number of aromatic nitrogens is 1. The SMILES string of the molecule is COc1ccc2oc(CCN)[n+]([O-])c2c1.Cl. The Morgan fingerprint density at radius 3 is 2.88 bits per heavy atom. The fraction of sp³-hybridized carbons (Fsp3) is 0.300. The third-order valence-corrected chi connectivity index (χ3v) is 2.20. The zero-order chi connectivity index (χ0) is 10.8. The second-order valence-corrected chi connectivity index (χ2v) is 3.16. The molecule has 0 saturated carbocycles. The number of halogens is 1. The smallest absolute Gasteiger partial charge is 0.360 e. The van der Waals surface area contributed by atoms with Crippen molar-refractivity contribution >= 4 is 23.5 Å².